The summed E-state index contributed by atoms with van der Waals surface area (Å²) < 4.78 is 21.2. The third kappa shape index (κ3) is 5.75. The maximum atomic E-state index is 13.9. The van der Waals surface area contributed by atoms with Crippen LogP contribution in [-0.4, -0.2) is 53.1 Å². The van der Waals surface area contributed by atoms with Gasteiger partial charge in [-0.25, -0.2) is 9.07 Å². The number of aryl methyl sites for hydroxylation is 1. The molecule has 5 rings (SSSR count). The van der Waals surface area contributed by atoms with Gasteiger partial charge in [-0.2, -0.15) is 5.10 Å². The van der Waals surface area contributed by atoms with E-state index >= 15 is 0 Å². The number of ether oxygens (including phenoxy) is 1. The Morgan fingerprint density at radius 1 is 1.18 bits per heavy atom. The van der Waals surface area contributed by atoms with Gasteiger partial charge >= 0.3 is 0 Å². The van der Waals surface area contributed by atoms with Crippen molar-refractivity contribution in [1.82, 2.24) is 15.1 Å². The van der Waals surface area contributed by atoms with Gasteiger partial charge in [0.25, 0.3) is 0 Å². The minimum atomic E-state index is -0.363. The van der Waals surface area contributed by atoms with E-state index in [0.29, 0.717) is 24.7 Å². The summed E-state index contributed by atoms with van der Waals surface area (Å²) >= 11 is 1.55. The zero-order chi connectivity index (χ0) is 27.7. The highest BCUT2D eigenvalue weighted by molar-refractivity contribution is 8.00. The summed E-state index contributed by atoms with van der Waals surface area (Å²) in [7, 11) is 0. The second kappa shape index (κ2) is 11.1. The highest BCUT2D eigenvalue weighted by Gasteiger charge is 2.40. The predicted molar refractivity (Wildman–Crippen MR) is 152 cm³/mol. The average Bonchev–Trinajstić information content (AvgIpc) is 3.53. The third-order valence-corrected chi connectivity index (χ3v) is 8.43. The first-order valence-electron chi connectivity index (χ1n) is 13.4. The number of nitrogens with zero attached hydrogens (tertiary/aromatic N) is 3. The number of fused-ring (bicyclic) bond motifs is 1. The molecule has 0 radical (unpaired) electrons. The summed E-state index contributed by atoms with van der Waals surface area (Å²) in [6.07, 6.45) is 1.90. The van der Waals surface area contributed by atoms with Crippen LogP contribution in [0.15, 0.2) is 48.5 Å². The molecule has 3 heterocycles. The van der Waals surface area contributed by atoms with Crippen LogP contribution < -0.4 is 10.2 Å². The molecule has 0 saturated carbocycles. The van der Waals surface area contributed by atoms with Crippen molar-refractivity contribution in [1.29, 1.82) is 0 Å². The highest BCUT2D eigenvalue weighted by Crippen LogP contribution is 2.49. The van der Waals surface area contributed by atoms with Gasteiger partial charge in [-0.1, -0.05) is 45.0 Å². The molecule has 2 aliphatic heterocycles. The number of rotatable bonds is 6. The maximum absolute atomic E-state index is 13.9. The molecule has 0 aliphatic carbocycles. The standard InChI is InChI=1S/C30H35FN4O3S/c1-19-8-5-6-10-23(19)27-26-28(30(2,3)4)33-35(21-13-11-20(31)12-14-21)29(26)34(25(37)18-39-27)17-24(36)32-16-22-9-7-15-38-22/h5-6,8,10-14,22,27H,7,9,15-18H2,1-4H3,(H,32,36). The van der Waals surface area contributed by atoms with Crippen molar-refractivity contribution in [3.05, 3.63) is 76.7 Å². The molecule has 2 amide bonds. The summed E-state index contributed by atoms with van der Waals surface area (Å²) in [5.74, 6) is -0.0221. The number of nitrogens with one attached hydrogen (secondary N) is 1. The van der Waals surface area contributed by atoms with Crippen LogP contribution in [0.2, 0.25) is 0 Å². The first kappa shape index (κ1) is 27.4. The van der Waals surface area contributed by atoms with E-state index in [4.69, 9.17) is 9.84 Å². The largest absolute Gasteiger partial charge is 0.376 e. The van der Waals surface area contributed by atoms with Crippen LogP contribution in [0.3, 0.4) is 0 Å². The number of anilines is 1. The summed E-state index contributed by atoms with van der Waals surface area (Å²) in [5, 5.41) is 7.83. The smallest absolute Gasteiger partial charge is 0.240 e. The number of hydrogen-bond acceptors (Lipinski definition) is 5. The lowest BCUT2D eigenvalue weighted by atomic mass is 9.86. The van der Waals surface area contributed by atoms with Crippen LogP contribution in [0.1, 0.15) is 61.2 Å². The molecule has 2 unspecified atom stereocenters. The lowest BCUT2D eigenvalue weighted by Crippen LogP contribution is -2.44. The summed E-state index contributed by atoms with van der Waals surface area (Å²) in [4.78, 5) is 28.5. The van der Waals surface area contributed by atoms with E-state index in [9.17, 15) is 14.0 Å². The van der Waals surface area contributed by atoms with Crippen LogP contribution in [-0.2, 0) is 19.7 Å². The molecule has 2 aromatic carbocycles. The number of aromatic nitrogens is 2. The highest BCUT2D eigenvalue weighted by atomic mass is 32.2. The lowest BCUT2D eigenvalue weighted by molar-refractivity contribution is -0.123. The second-order valence-corrected chi connectivity index (χ2v) is 12.3. The van der Waals surface area contributed by atoms with E-state index in [2.05, 4.69) is 45.1 Å². The van der Waals surface area contributed by atoms with E-state index in [1.807, 2.05) is 12.1 Å². The van der Waals surface area contributed by atoms with Crippen molar-refractivity contribution in [3.8, 4) is 5.69 Å². The van der Waals surface area contributed by atoms with Crippen molar-refractivity contribution in [2.24, 2.45) is 0 Å². The summed E-state index contributed by atoms with van der Waals surface area (Å²) in [6, 6.07) is 14.2. The van der Waals surface area contributed by atoms with Crippen LogP contribution in [0.5, 0.6) is 0 Å². The fourth-order valence-electron chi connectivity index (χ4n) is 5.19. The van der Waals surface area contributed by atoms with Gasteiger partial charge in [0.05, 0.1) is 28.5 Å². The Kier molecular flexibility index (Phi) is 7.82. The van der Waals surface area contributed by atoms with Gasteiger partial charge in [0.1, 0.15) is 18.2 Å². The van der Waals surface area contributed by atoms with Gasteiger partial charge in [0, 0.05) is 24.1 Å². The van der Waals surface area contributed by atoms with Gasteiger partial charge in [-0.05, 0) is 55.2 Å². The zero-order valence-electron chi connectivity index (χ0n) is 22.9. The lowest BCUT2D eigenvalue weighted by Gasteiger charge is -2.25. The topological polar surface area (TPSA) is 76.5 Å². The Balaban J connectivity index is 1.66. The molecule has 39 heavy (non-hydrogen) atoms. The summed E-state index contributed by atoms with van der Waals surface area (Å²) in [6.45, 7) is 9.33. The summed E-state index contributed by atoms with van der Waals surface area (Å²) in [5.41, 5.74) is 4.22. The minimum Gasteiger partial charge on any atom is -0.376 e. The molecule has 0 bridgehead atoms. The SMILES string of the molecule is Cc1ccccc1C1SCC(=O)N(CC(=O)NCC2CCCO2)c2c1c(C(C)(C)C)nn2-c1ccc(F)cc1. The Labute approximate surface area is 233 Å². The Bertz CT molecular complexity index is 1360. The quantitative estimate of drug-likeness (QED) is 0.463. The van der Waals surface area contributed by atoms with Crippen molar-refractivity contribution < 1.29 is 18.7 Å². The van der Waals surface area contributed by atoms with Gasteiger partial charge in [0.2, 0.25) is 11.8 Å². The molecule has 0 spiro atoms. The Hall–Kier alpha value is -3.17. The molecule has 2 aliphatic rings. The van der Waals surface area contributed by atoms with E-state index in [-0.39, 0.29) is 46.7 Å². The maximum Gasteiger partial charge on any atom is 0.240 e. The molecule has 9 heteroatoms. The molecule has 1 fully saturated rings. The number of benzene rings is 2. The van der Waals surface area contributed by atoms with Crippen LogP contribution in [0.4, 0.5) is 10.2 Å². The second-order valence-electron chi connectivity index (χ2n) is 11.2. The Morgan fingerprint density at radius 2 is 1.92 bits per heavy atom. The molecule has 1 aromatic heterocycles. The molecule has 1 N–H and O–H groups in total. The van der Waals surface area contributed by atoms with E-state index in [1.165, 1.54) is 12.1 Å². The number of halogens is 1. The van der Waals surface area contributed by atoms with Gasteiger partial charge in [-0.15, -0.1) is 11.8 Å². The fourth-order valence-corrected chi connectivity index (χ4v) is 6.49. The van der Waals surface area contributed by atoms with Crippen molar-refractivity contribution in [2.45, 2.75) is 57.3 Å². The average molecular weight is 551 g/mol. The van der Waals surface area contributed by atoms with E-state index in [1.54, 1.807) is 33.5 Å². The number of hydrogen-bond donors (Lipinski definition) is 1. The molecular weight excluding hydrogens is 515 g/mol. The molecule has 7 nitrogen and oxygen atoms in total. The third-order valence-electron chi connectivity index (χ3n) is 7.19. The number of thioether (sulfide) groups is 1. The normalized spacial score (nSPS) is 19.6. The predicted octanol–water partition coefficient (Wildman–Crippen LogP) is 5.08. The number of amides is 2. The van der Waals surface area contributed by atoms with Crippen LogP contribution in [0, 0.1) is 12.7 Å². The Morgan fingerprint density at radius 3 is 2.59 bits per heavy atom. The molecule has 206 valence electrons. The van der Waals surface area contributed by atoms with Crippen LogP contribution in [0.25, 0.3) is 5.69 Å². The first-order chi connectivity index (χ1) is 18.6. The van der Waals surface area contributed by atoms with Crippen molar-refractivity contribution in [2.75, 3.05) is 30.3 Å². The number of carbonyl (C=O) groups excluding carboxylic acids is 2. The van der Waals surface area contributed by atoms with E-state index < -0.39 is 0 Å². The van der Waals surface area contributed by atoms with Gasteiger partial charge in [0.15, 0.2) is 0 Å². The molecular formula is C30H35FN4O3S. The molecule has 2 atom stereocenters. The zero-order valence-corrected chi connectivity index (χ0v) is 23.7. The van der Waals surface area contributed by atoms with Crippen molar-refractivity contribution in [3.63, 3.8) is 0 Å². The fraction of sp³-hybridized carbons (Fsp3) is 0.433. The molecule has 1 saturated heterocycles. The van der Waals surface area contributed by atoms with E-state index in [0.717, 1.165) is 35.2 Å². The van der Waals surface area contributed by atoms with Gasteiger partial charge < -0.3 is 10.1 Å². The van der Waals surface area contributed by atoms with Gasteiger partial charge in [-0.3, -0.25) is 14.5 Å². The van der Waals surface area contributed by atoms with Crippen molar-refractivity contribution >= 4 is 29.4 Å². The first-order valence-corrected chi connectivity index (χ1v) is 14.4. The monoisotopic (exact) mass is 550 g/mol. The molecule has 3 aromatic rings. The van der Waals surface area contributed by atoms with Crippen LogP contribution >= 0.6 is 11.8 Å². The minimum absolute atomic E-state index is 0.00238. The number of carbonyl (C=O) groups is 2.